The van der Waals surface area contributed by atoms with Crippen LogP contribution in [-0.2, 0) is 11.3 Å². The number of hydrogen-bond donors (Lipinski definition) is 1. The molecule has 3 nitrogen and oxygen atoms in total. The summed E-state index contributed by atoms with van der Waals surface area (Å²) in [5.41, 5.74) is 3.22. The molecule has 2 rings (SSSR count). The molecule has 2 aromatic carbocycles. The van der Waals surface area contributed by atoms with Crippen molar-refractivity contribution in [2.24, 2.45) is 0 Å². The Morgan fingerprint density at radius 3 is 2.70 bits per heavy atom. The molecule has 0 bridgehead atoms. The summed E-state index contributed by atoms with van der Waals surface area (Å²) < 4.78 is 17.7. The molecule has 0 aliphatic carbocycles. The summed E-state index contributed by atoms with van der Waals surface area (Å²) in [6, 6.07) is 11.7. The van der Waals surface area contributed by atoms with Gasteiger partial charge in [0.25, 0.3) is 0 Å². The van der Waals surface area contributed by atoms with Crippen LogP contribution in [0.25, 0.3) is 0 Å². The van der Waals surface area contributed by atoms with Crippen LogP contribution in [0.4, 0.5) is 10.1 Å². The lowest BCUT2D eigenvalue weighted by Gasteiger charge is -2.11. The molecule has 0 radical (unpaired) electrons. The number of ether oxygens (including phenoxy) is 1. The van der Waals surface area contributed by atoms with Crippen molar-refractivity contribution in [1.82, 2.24) is 0 Å². The van der Waals surface area contributed by atoms with Crippen molar-refractivity contribution in [1.29, 1.82) is 0 Å². The largest absolute Gasteiger partial charge is 0.465 e. The molecule has 4 heteroatoms. The summed E-state index contributed by atoms with van der Waals surface area (Å²) in [5, 5.41) is 3.22. The van der Waals surface area contributed by atoms with E-state index in [0.717, 1.165) is 16.8 Å². The van der Waals surface area contributed by atoms with E-state index >= 15 is 0 Å². The molecular weight excluding hydrogens is 257 g/mol. The summed E-state index contributed by atoms with van der Waals surface area (Å²) in [4.78, 5) is 11.4. The Morgan fingerprint density at radius 2 is 2.05 bits per heavy atom. The Balaban J connectivity index is 2.08. The molecule has 0 saturated heterocycles. The normalized spacial score (nSPS) is 10.2. The van der Waals surface area contributed by atoms with Crippen molar-refractivity contribution >= 4 is 11.7 Å². The number of halogens is 1. The number of carbonyl (C=O) groups excluding carboxylic acids is 1. The highest BCUT2D eigenvalue weighted by Crippen LogP contribution is 2.18. The Bertz CT molecular complexity index is 626. The summed E-state index contributed by atoms with van der Waals surface area (Å²) in [6.07, 6.45) is 0. The van der Waals surface area contributed by atoms with Gasteiger partial charge in [-0.1, -0.05) is 12.1 Å². The van der Waals surface area contributed by atoms with Gasteiger partial charge in [-0.15, -0.1) is 0 Å². The molecule has 0 fully saturated rings. The third-order valence-corrected chi connectivity index (χ3v) is 3.02. The SMILES string of the molecule is COC(=O)c1ccc(NCc2cccc(F)c2)c(C)c1. The molecular formula is C16H16FNO2. The number of anilines is 1. The quantitative estimate of drug-likeness (QED) is 0.866. The molecule has 0 aliphatic heterocycles. The number of methoxy groups -OCH3 is 1. The minimum atomic E-state index is -0.357. The van der Waals surface area contributed by atoms with Crippen LogP contribution in [0.1, 0.15) is 21.5 Å². The minimum Gasteiger partial charge on any atom is -0.465 e. The van der Waals surface area contributed by atoms with Crippen molar-refractivity contribution < 1.29 is 13.9 Å². The average Bonchev–Trinajstić information content (AvgIpc) is 2.45. The van der Waals surface area contributed by atoms with Gasteiger partial charge in [-0.3, -0.25) is 0 Å². The van der Waals surface area contributed by atoms with E-state index < -0.39 is 0 Å². The highest BCUT2D eigenvalue weighted by molar-refractivity contribution is 5.90. The third-order valence-electron chi connectivity index (χ3n) is 3.02. The van der Waals surface area contributed by atoms with Gasteiger partial charge >= 0.3 is 5.97 Å². The van der Waals surface area contributed by atoms with Crippen molar-refractivity contribution in [3.63, 3.8) is 0 Å². The van der Waals surface area contributed by atoms with E-state index in [1.807, 2.05) is 19.1 Å². The number of nitrogens with one attached hydrogen (secondary N) is 1. The highest BCUT2D eigenvalue weighted by Gasteiger charge is 2.07. The fourth-order valence-electron chi connectivity index (χ4n) is 1.95. The first-order chi connectivity index (χ1) is 9.60. The molecule has 0 spiro atoms. The van der Waals surface area contributed by atoms with Crippen molar-refractivity contribution in [3.8, 4) is 0 Å². The van der Waals surface area contributed by atoms with Crippen LogP contribution in [0, 0.1) is 12.7 Å². The van der Waals surface area contributed by atoms with Crippen LogP contribution < -0.4 is 5.32 Å². The van der Waals surface area contributed by atoms with E-state index in [2.05, 4.69) is 10.1 Å². The number of hydrogen-bond acceptors (Lipinski definition) is 3. The molecule has 0 aromatic heterocycles. The zero-order valence-electron chi connectivity index (χ0n) is 11.4. The molecule has 0 aliphatic rings. The van der Waals surface area contributed by atoms with Gasteiger partial charge in [-0.25, -0.2) is 9.18 Å². The molecule has 0 atom stereocenters. The van der Waals surface area contributed by atoms with Crippen molar-refractivity contribution in [2.75, 3.05) is 12.4 Å². The Labute approximate surface area is 117 Å². The summed E-state index contributed by atoms with van der Waals surface area (Å²) in [7, 11) is 1.35. The third kappa shape index (κ3) is 3.35. The second-order valence-electron chi connectivity index (χ2n) is 4.50. The number of aryl methyl sites for hydroxylation is 1. The number of rotatable bonds is 4. The van der Waals surface area contributed by atoms with Crippen LogP contribution >= 0.6 is 0 Å². The molecule has 104 valence electrons. The first-order valence-corrected chi connectivity index (χ1v) is 6.27. The van der Waals surface area contributed by atoms with Gasteiger partial charge in [-0.2, -0.15) is 0 Å². The summed E-state index contributed by atoms with van der Waals surface area (Å²) >= 11 is 0. The summed E-state index contributed by atoms with van der Waals surface area (Å²) in [6.45, 7) is 2.43. The predicted molar refractivity (Wildman–Crippen MR) is 76.2 cm³/mol. The number of esters is 1. The van der Waals surface area contributed by atoms with Crippen molar-refractivity contribution in [3.05, 3.63) is 65.0 Å². The zero-order chi connectivity index (χ0) is 14.5. The molecule has 1 N–H and O–H groups in total. The van der Waals surface area contributed by atoms with Crippen LogP contribution in [-0.4, -0.2) is 13.1 Å². The topological polar surface area (TPSA) is 38.3 Å². The summed E-state index contributed by atoms with van der Waals surface area (Å²) in [5.74, 6) is -0.605. The van der Waals surface area contributed by atoms with Crippen LogP contribution in [0.2, 0.25) is 0 Å². The van der Waals surface area contributed by atoms with Gasteiger partial charge < -0.3 is 10.1 Å². The molecule has 2 aromatic rings. The van der Waals surface area contributed by atoms with Gasteiger partial charge in [0.15, 0.2) is 0 Å². The Kier molecular flexibility index (Phi) is 4.35. The van der Waals surface area contributed by atoms with E-state index in [1.54, 1.807) is 18.2 Å². The van der Waals surface area contributed by atoms with Gasteiger partial charge in [-0.05, 0) is 48.4 Å². The minimum absolute atomic E-state index is 0.248. The lowest BCUT2D eigenvalue weighted by Crippen LogP contribution is -2.05. The highest BCUT2D eigenvalue weighted by atomic mass is 19.1. The first kappa shape index (κ1) is 14.1. The van der Waals surface area contributed by atoms with Crippen LogP contribution in [0.15, 0.2) is 42.5 Å². The average molecular weight is 273 g/mol. The Morgan fingerprint density at radius 1 is 1.25 bits per heavy atom. The molecule has 0 unspecified atom stereocenters. The molecule has 0 heterocycles. The van der Waals surface area contributed by atoms with E-state index in [-0.39, 0.29) is 11.8 Å². The van der Waals surface area contributed by atoms with E-state index in [0.29, 0.717) is 12.1 Å². The van der Waals surface area contributed by atoms with E-state index in [9.17, 15) is 9.18 Å². The lowest BCUT2D eigenvalue weighted by molar-refractivity contribution is 0.0600. The van der Waals surface area contributed by atoms with Gasteiger partial charge in [0.2, 0.25) is 0 Å². The van der Waals surface area contributed by atoms with Crippen molar-refractivity contribution in [2.45, 2.75) is 13.5 Å². The smallest absolute Gasteiger partial charge is 0.337 e. The van der Waals surface area contributed by atoms with Crippen LogP contribution in [0.5, 0.6) is 0 Å². The van der Waals surface area contributed by atoms with E-state index in [4.69, 9.17) is 0 Å². The Hall–Kier alpha value is -2.36. The van der Waals surface area contributed by atoms with Gasteiger partial charge in [0.05, 0.1) is 12.7 Å². The fraction of sp³-hybridized carbons (Fsp3) is 0.188. The molecule has 0 amide bonds. The standard InChI is InChI=1S/C16H16FNO2/c1-11-8-13(16(19)20-2)6-7-15(11)18-10-12-4-3-5-14(17)9-12/h3-9,18H,10H2,1-2H3. The number of carbonyl (C=O) groups is 1. The second kappa shape index (κ2) is 6.19. The van der Waals surface area contributed by atoms with Crippen LogP contribution in [0.3, 0.4) is 0 Å². The van der Waals surface area contributed by atoms with Gasteiger partial charge in [0, 0.05) is 12.2 Å². The maximum Gasteiger partial charge on any atom is 0.337 e. The predicted octanol–water partition coefficient (Wildman–Crippen LogP) is 3.53. The monoisotopic (exact) mass is 273 g/mol. The van der Waals surface area contributed by atoms with E-state index in [1.165, 1.54) is 19.2 Å². The first-order valence-electron chi connectivity index (χ1n) is 6.27. The maximum absolute atomic E-state index is 13.1. The zero-order valence-corrected chi connectivity index (χ0v) is 11.4. The second-order valence-corrected chi connectivity index (χ2v) is 4.50. The fourth-order valence-corrected chi connectivity index (χ4v) is 1.95. The molecule has 0 saturated carbocycles. The molecule has 20 heavy (non-hydrogen) atoms. The number of benzene rings is 2. The maximum atomic E-state index is 13.1. The van der Waals surface area contributed by atoms with Gasteiger partial charge in [0.1, 0.15) is 5.82 Å². The lowest BCUT2D eigenvalue weighted by atomic mass is 10.1.